The van der Waals surface area contributed by atoms with Gasteiger partial charge >= 0.3 is 6.18 Å². The molecule has 0 bridgehead atoms. The summed E-state index contributed by atoms with van der Waals surface area (Å²) in [4.78, 5) is 13.0. The summed E-state index contributed by atoms with van der Waals surface area (Å²) in [6, 6.07) is 6.20. The first-order chi connectivity index (χ1) is 10.4. The second-order valence-electron chi connectivity index (χ2n) is 4.58. The summed E-state index contributed by atoms with van der Waals surface area (Å²) in [5.74, 6) is -0.373. The van der Waals surface area contributed by atoms with E-state index in [1.54, 1.807) is 12.1 Å². The molecule has 118 valence electrons. The first-order valence-electron chi connectivity index (χ1n) is 6.54. The minimum Gasteiger partial charge on any atom is -0.486 e. The van der Waals surface area contributed by atoms with Crippen molar-refractivity contribution in [1.29, 1.82) is 5.26 Å². The Morgan fingerprint density at radius 3 is 2.73 bits per heavy atom. The van der Waals surface area contributed by atoms with Gasteiger partial charge in [-0.05, 0) is 12.1 Å². The number of fused-ring (bicyclic) bond motifs is 1. The summed E-state index contributed by atoms with van der Waals surface area (Å²) in [6.45, 7) is -1.20. The van der Waals surface area contributed by atoms with Crippen molar-refractivity contribution >= 4 is 5.91 Å². The van der Waals surface area contributed by atoms with Crippen LogP contribution in [-0.4, -0.2) is 43.3 Å². The summed E-state index contributed by atoms with van der Waals surface area (Å²) >= 11 is 0. The molecule has 1 heterocycles. The van der Waals surface area contributed by atoms with Crippen LogP contribution in [-0.2, 0) is 0 Å². The van der Waals surface area contributed by atoms with Crippen LogP contribution in [0.4, 0.5) is 13.2 Å². The molecule has 1 aromatic carbocycles. The summed E-state index contributed by atoms with van der Waals surface area (Å²) in [7, 11) is 0. The Labute approximate surface area is 124 Å². The standard InChI is InChI=1S/C14H13F3N2O3/c15-14(16,17)9-19(6-2-5-18)13(20)10-3-1-4-11-12(10)22-8-7-21-11/h1,3-4H,2,6-9H2. The van der Waals surface area contributed by atoms with E-state index in [2.05, 4.69) is 0 Å². The maximum Gasteiger partial charge on any atom is 0.406 e. The molecule has 0 N–H and O–H groups in total. The lowest BCUT2D eigenvalue weighted by molar-refractivity contribution is -0.140. The zero-order valence-electron chi connectivity index (χ0n) is 11.5. The summed E-state index contributed by atoms with van der Waals surface area (Å²) in [6.07, 6.45) is -4.73. The van der Waals surface area contributed by atoms with E-state index in [9.17, 15) is 18.0 Å². The highest BCUT2D eigenvalue weighted by Crippen LogP contribution is 2.34. The molecule has 0 saturated heterocycles. The molecule has 22 heavy (non-hydrogen) atoms. The molecule has 5 nitrogen and oxygen atoms in total. The topological polar surface area (TPSA) is 62.6 Å². The number of rotatable bonds is 4. The lowest BCUT2D eigenvalue weighted by Gasteiger charge is -2.26. The van der Waals surface area contributed by atoms with Gasteiger partial charge in [0.25, 0.3) is 5.91 Å². The first kappa shape index (κ1) is 15.9. The van der Waals surface area contributed by atoms with Crippen molar-refractivity contribution < 1.29 is 27.4 Å². The zero-order chi connectivity index (χ0) is 16.2. The number of benzene rings is 1. The number of nitrogens with zero attached hydrogens (tertiary/aromatic N) is 2. The smallest absolute Gasteiger partial charge is 0.406 e. The number of amides is 1. The Bertz CT molecular complexity index is 596. The van der Waals surface area contributed by atoms with Crippen molar-refractivity contribution in [2.75, 3.05) is 26.3 Å². The maximum absolute atomic E-state index is 12.6. The van der Waals surface area contributed by atoms with Gasteiger partial charge in [-0.3, -0.25) is 4.79 Å². The van der Waals surface area contributed by atoms with E-state index in [0.717, 1.165) is 0 Å². The molecule has 1 aliphatic heterocycles. The van der Waals surface area contributed by atoms with Gasteiger partial charge in [-0.25, -0.2) is 0 Å². The zero-order valence-corrected chi connectivity index (χ0v) is 11.5. The molecule has 2 rings (SSSR count). The van der Waals surface area contributed by atoms with Crippen molar-refractivity contribution in [2.24, 2.45) is 0 Å². The molecule has 1 aromatic rings. The number of para-hydroxylation sites is 1. The average Bonchev–Trinajstić information content (AvgIpc) is 2.49. The molecule has 0 radical (unpaired) electrons. The normalized spacial score (nSPS) is 13.4. The van der Waals surface area contributed by atoms with E-state index in [1.807, 2.05) is 0 Å². The van der Waals surface area contributed by atoms with Gasteiger partial charge in [0, 0.05) is 6.54 Å². The van der Waals surface area contributed by atoms with E-state index in [1.165, 1.54) is 12.1 Å². The van der Waals surface area contributed by atoms with Crippen molar-refractivity contribution in [2.45, 2.75) is 12.6 Å². The van der Waals surface area contributed by atoms with Crippen LogP contribution in [0.25, 0.3) is 0 Å². The summed E-state index contributed by atoms with van der Waals surface area (Å²) in [5.41, 5.74) is -0.000565. The fraction of sp³-hybridized carbons (Fsp3) is 0.429. The molecule has 0 saturated carbocycles. The third-order valence-corrected chi connectivity index (χ3v) is 2.95. The van der Waals surface area contributed by atoms with E-state index >= 15 is 0 Å². The van der Waals surface area contributed by atoms with Crippen molar-refractivity contribution in [3.8, 4) is 17.6 Å². The lowest BCUT2D eigenvalue weighted by atomic mass is 10.1. The fourth-order valence-electron chi connectivity index (χ4n) is 2.07. The van der Waals surface area contributed by atoms with Gasteiger partial charge in [0.15, 0.2) is 11.5 Å². The van der Waals surface area contributed by atoms with Crippen LogP contribution in [0.5, 0.6) is 11.5 Å². The van der Waals surface area contributed by atoms with Gasteiger partial charge in [-0.15, -0.1) is 0 Å². The monoisotopic (exact) mass is 314 g/mol. The van der Waals surface area contributed by atoms with Crippen molar-refractivity contribution in [3.63, 3.8) is 0 Å². The van der Waals surface area contributed by atoms with E-state index in [-0.39, 0.29) is 30.9 Å². The molecular formula is C14H13F3N2O3. The number of ether oxygens (including phenoxy) is 2. The third kappa shape index (κ3) is 3.81. The molecule has 1 aliphatic rings. The van der Waals surface area contributed by atoms with Crippen LogP contribution in [0.15, 0.2) is 18.2 Å². The molecule has 0 spiro atoms. The second-order valence-corrected chi connectivity index (χ2v) is 4.58. The van der Waals surface area contributed by atoms with Crippen LogP contribution in [0.2, 0.25) is 0 Å². The number of carbonyl (C=O) groups is 1. The van der Waals surface area contributed by atoms with Gasteiger partial charge in [0.1, 0.15) is 19.8 Å². The highest BCUT2D eigenvalue weighted by atomic mass is 19.4. The number of hydrogen-bond acceptors (Lipinski definition) is 4. The van der Waals surface area contributed by atoms with E-state index in [4.69, 9.17) is 14.7 Å². The van der Waals surface area contributed by atoms with E-state index < -0.39 is 18.6 Å². The largest absolute Gasteiger partial charge is 0.486 e. The molecule has 8 heteroatoms. The fourth-order valence-corrected chi connectivity index (χ4v) is 2.07. The average molecular weight is 314 g/mol. The van der Waals surface area contributed by atoms with Crippen LogP contribution in [0.3, 0.4) is 0 Å². The van der Waals surface area contributed by atoms with Crippen LogP contribution >= 0.6 is 0 Å². The first-order valence-corrected chi connectivity index (χ1v) is 6.54. The van der Waals surface area contributed by atoms with Gasteiger partial charge in [-0.2, -0.15) is 18.4 Å². The molecule has 1 amide bonds. The van der Waals surface area contributed by atoms with Crippen LogP contribution < -0.4 is 9.47 Å². The number of alkyl halides is 3. The van der Waals surface area contributed by atoms with E-state index in [0.29, 0.717) is 17.3 Å². The van der Waals surface area contributed by atoms with Crippen molar-refractivity contribution in [1.82, 2.24) is 4.90 Å². The van der Waals surface area contributed by atoms with Crippen LogP contribution in [0, 0.1) is 11.3 Å². The molecule has 0 fully saturated rings. The van der Waals surface area contributed by atoms with Gasteiger partial charge in [0.2, 0.25) is 0 Å². The van der Waals surface area contributed by atoms with Gasteiger partial charge in [0.05, 0.1) is 18.1 Å². The van der Waals surface area contributed by atoms with Crippen molar-refractivity contribution in [3.05, 3.63) is 23.8 Å². The third-order valence-electron chi connectivity index (χ3n) is 2.95. The maximum atomic E-state index is 12.6. The lowest BCUT2D eigenvalue weighted by Crippen LogP contribution is -2.39. The minimum atomic E-state index is -4.54. The van der Waals surface area contributed by atoms with Gasteiger partial charge < -0.3 is 14.4 Å². The Kier molecular flexibility index (Phi) is 4.75. The predicted octanol–water partition coefficient (Wildman–Crippen LogP) is 2.38. The molecule has 0 aromatic heterocycles. The molecule has 0 unspecified atom stereocenters. The number of carbonyl (C=O) groups excluding carboxylic acids is 1. The Hall–Kier alpha value is -2.43. The Balaban J connectivity index is 2.28. The van der Waals surface area contributed by atoms with Gasteiger partial charge in [-0.1, -0.05) is 6.07 Å². The summed E-state index contributed by atoms with van der Waals surface area (Å²) < 4.78 is 48.5. The Morgan fingerprint density at radius 2 is 2.05 bits per heavy atom. The highest BCUT2D eigenvalue weighted by Gasteiger charge is 2.34. The number of hydrogen-bond donors (Lipinski definition) is 0. The SMILES string of the molecule is N#CCCN(CC(F)(F)F)C(=O)c1cccc2c1OCCO2. The molecule has 0 aliphatic carbocycles. The summed E-state index contributed by atoms with van der Waals surface area (Å²) in [5, 5.41) is 8.54. The second kappa shape index (κ2) is 6.56. The quantitative estimate of drug-likeness (QED) is 0.856. The Morgan fingerprint density at radius 1 is 1.32 bits per heavy atom. The molecule has 0 atom stereocenters. The minimum absolute atomic E-state index is 0.000565. The predicted molar refractivity (Wildman–Crippen MR) is 69.6 cm³/mol. The van der Waals surface area contributed by atoms with Crippen LogP contribution in [0.1, 0.15) is 16.8 Å². The number of halogens is 3. The number of nitriles is 1. The molecular weight excluding hydrogens is 301 g/mol. The highest BCUT2D eigenvalue weighted by molar-refractivity contribution is 5.98.